The first-order valence-corrected chi connectivity index (χ1v) is 19.7. The van der Waals surface area contributed by atoms with Gasteiger partial charge in [-0.3, -0.25) is 9.80 Å². The number of ether oxygens (including phenoxy) is 2. The van der Waals surface area contributed by atoms with Crippen molar-refractivity contribution in [3.05, 3.63) is 62.0 Å². The third-order valence-corrected chi connectivity index (χ3v) is 10.0. The van der Waals surface area contributed by atoms with E-state index in [9.17, 15) is 9.59 Å². The van der Waals surface area contributed by atoms with E-state index in [0.717, 1.165) is 66.9 Å². The molecule has 0 saturated carbocycles. The summed E-state index contributed by atoms with van der Waals surface area (Å²) in [5.41, 5.74) is 2.89. The molecule has 4 aliphatic heterocycles. The first kappa shape index (κ1) is 44.1. The van der Waals surface area contributed by atoms with Gasteiger partial charge in [-0.05, 0) is 103 Å². The average Bonchev–Trinajstić information content (AvgIpc) is 2.98. The van der Waals surface area contributed by atoms with Gasteiger partial charge < -0.3 is 29.5 Å². The van der Waals surface area contributed by atoms with E-state index in [-0.39, 0.29) is 19.6 Å². The van der Waals surface area contributed by atoms with Crippen LogP contribution >= 0.6 is 39.1 Å². The molecule has 13 heteroatoms. The fourth-order valence-electron chi connectivity index (χ4n) is 5.66. The maximum atomic E-state index is 12.2. The van der Waals surface area contributed by atoms with Crippen LogP contribution in [0, 0.1) is 0 Å². The molecular formula is C39H61BrCl2N6O4. The van der Waals surface area contributed by atoms with Gasteiger partial charge in [-0.15, -0.1) is 0 Å². The van der Waals surface area contributed by atoms with Crippen LogP contribution in [-0.2, 0) is 22.6 Å². The molecule has 2 aromatic carbocycles. The van der Waals surface area contributed by atoms with Gasteiger partial charge in [-0.1, -0.05) is 58.7 Å². The van der Waals surface area contributed by atoms with Crippen molar-refractivity contribution in [3.63, 3.8) is 0 Å². The topological polar surface area (TPSA) is 80.8 Å². The number of benzene rings is 2. The van der Waals surface area contributed by atoms with Crippen molar-refractivity contribution in [2.75, 3.05) is 83.4 Å². The minimum atomic E-state index is -0.442. The number of nitrogens with one attached hydrogen (secondary N) is 1. The first-order chi connectivity index (χ1) is 24.1. The Kier molecular flexibility index (Phi) is 17.3. The molecule has 0 aromatic heterocycles. The van der Waals surface area contributed by atoms with Crippen molar-refractivity contribution in [1.29, 1.82) is 0 Å². The summed E-state index contributed by atoms with van der Waals surface area (Å²) in [5.74, 6) is 0. The Morgan fingerprint density at radius 2 is 1.08 bits per heavy atom. The number of hydrogen-bond acceptors (Lipinski definition) is 8. The summed E-state index contributed by atoms with van der Waals surface area (Å²) in [6, 6.07) is 12.0. The summed E-state index contributed by atoms with van der Waals surface area (Å²) in [7, 11) is 0. The number of piperazine rings is 2. The van der Waals surface area contributed by atoms with E-state index in [2.05, 4.69) is 48.1 Å². The number of anilines is 1. The fraction of sp³-hybridized carbons (Fsp3) is 0.641. The Hall–Kier alpha value is -2.28. The molecule has 6 rings (SSSR count). The molecule has 4 saturated heterocycles. The van der Waals surface area contributed by atoms with Crippen molar-refractivity contribution in [2.45, 2.75) is 86.1 Å². The highest BCUT2D eigenvalue weighted by Crippen LogP contribution is 2.30. The van der Waals surface area contributed by atoms with Crippen LogP contribution in [0.3, 0.4) is 0 Å². The highest BCUT2D eigenvalue weighted by Gasteiger charge is 2.28. The molecule has 4 fully saturated rings. The predicted octanol–water partition coefficient (Wildman–Crippen LogP) is 8.37. The van der Waals surface area contributed by atoms with Crippen molar-refractivity contribution in [1.82, 2.24) is 24.9 Å². The largest absolute Gasteiger partial charge is 0.444 e. The number of hydrogen-bond donors (Lipinski definition) is 1. The normalized spacial score (nSPS) is 18.0. The SMILES string of the molecule is C.C1CNC1.CC(C)(C)OC(=O)N1CCN(Cc2ccc(Cl)cc2Br)CC1.CC(C)(C)OC(=O)N1CCN(Cc2ccc(Cl)cc2N2CCC2)CC1. The maximum Gasteiger partial charge on any atom is 0.410 e. The lowest BCUT2D eigenvalue weighted by atomic mass is 10.1. The van der Waals surface area contributed by atoms with Crippen LogP contribution in [0.15, 0.2) is 40.9 Å². The van der Waals surface area contributed by atoms with Crippen molar-refractivity contribution >= 4 is 57.0 Å². The summed E-state index contributed by atoms with van der Waals surface area (Å²) in [6.07, 6.45) is 2.21. The van der Waals surface area contributed by atoms with Crippen LogP contribution in [0.25, 0.3) is 0 Å². The number of halogens is 3. The standard InChI is InChI=1S/C19H28ClN3O2.C16H22BrClN2O2.C3H7N.CH4/c1-19(2,3)25-18(24)23-11-9-21(10-12-23)14-15-5-6-16(20)13-17(15)22-7-4-8-22;1-16(2,3)22-15(21)20-8-6-19(7-9-20)11-12-4-5-13(18)10-14(12)17;1-2-4-3-1;/h5-6,13H,4,7-12,14H2,1-3H3;4-5,10H,6-9,11H2,1-3H3;4H,1-3H2;1H4. The van der Waals surface area contributed by atoms with E-state index < -0.39 is 11.2 Å². The van der Waals surface area contributed by atoms with Crippen LogP contribution in [0.2, 0.25) is 10.0 Å². The number of nitrogens with zero attached hydrogens (tertiary/aromatic N) is 5. The molecule has 2 aromatic rings. The average molecular weight is 829 g/mol. The second-order valence-electron chi connectivity index (χ2n) is 15.4. The van der Waals surface area contributed by atoms with E-state index >= 15 is 0 Å². The number of carbonyl (C=O) groups excluding carboxylic acids is 2. The Bertz CT molecular complexity index is 1420. The molecule has 0 aliphatic carbocycles. The zero-order valence-electron chi connectivity index (χ0n) is 31.3. The van der Waals surface area contributed by atoms with Crippen LogP contribution in [0.1, 0.15) is 72.9 Å². The molecule has 4 aliphatic rings. The third kappa shape index (κ3) is 14.9. The van der Waals surface area contributed by atoms with E-state index in [1.165, 1.54) is 42.7 Å². The molecule has 292 valence electrons. The van der Waals surface area contributed by atoms with Crippen molar-refractivity contribution in [2.24, 2.45) is 0 Å². The van der Waals surface area contributed by atoms with E-state index in [1.54, 1.807) is 9.80 Å². The minimum Gasteiger partial charge on any atom is -0.444 e. The molecule has 4 heterocycles. The van der Waals surface area contributed by atoms with Gasteiger partial charge in [0, 0.05) is 98.7 Å². The van der Waals surface area contributed by atoms with Gasteiger partial charge in [0.05, 0.1) is 0 Å². The lowest BCUT2D eigenvalue weighted by Gasteiger charge is -2.38. The van der Waals surface area contributed by atoms with Gasteiger partial charge in [-0.2, -0.15) is 0 Å². The monoisotopic (exact) mass is 826 g/mol. The minimum absolute atomic E-state index is 0. The van der Waals surface area contributed by atoms with Gasteiger partial charge >= 0.3 is 12.2 Å². The van der Waals surface area contributed by atoms with Crippen LogP contribution in [0.5, 0.6) is 0 Å². The molecule has 0 atom stereocenters. The molecule has 10 nitrogen and oxygen atoms in total. The predicted molar refractivity (Wildman–Crippen MR) is 218 cm³/mol. The Morgan fingerprint density at radius 1 is 0.673 bits per heavy atom. The summed E-state index contributed by atoms with van der Waals surface area (Å²) in [5, 5.41) is 4.63. The van der Waals surface area contributed by atoms with Gasteiger partial charge in [0.15, 0.2) is 0 Å². The summed E-state index contributed by atoms with van der Waals surface area (Å²) in [4.78, 5) is 34.9. The van der Waals surface area contributed by atoms with Gasteiger partial charge in [0.25, 0.3) is 0 Å². The molecule has 0 bridgehead atoms. The highest BCUT2D eigenvalue weighted by molar-refractivity contribution is 9.10. The Labute approximate surface area is 331 Å². The smallest absolute Gasteiger partial charge is 0.410 e. The summed E-state index contributed by atoms with van der Waals surface area (Å²) >= 11 is 15.7. The molecule has 0 spiro atoms. The number of carbonyl (C=O) groups is 2. The molecular weight excluding hydrogens is 767 g/mol. The zero-order chi connectivity index (χ0) is 37.2. The van der Waals surface area contributed by atoms with Crippen LogP contribution < -0.4 is 10.2 Å². The van der Waals surface area contributed by atoms with E-state index in [0.29, 0.717) is 26.2 Å². The third-order valence-electron chi connectivity index (χ3n) is 8.80. The number of rotatable bonds is 5. The molecule has 2 amide bonds. The molecule has 0 radical (unpaired) electrons. The quantitative estimate of drug-likeness (QED) is 0.322. The summed E-state index contributed by atoms with van der Waals surface area (Å²) < 4.78 is 11.9. The second-order valence-corrected chi connectivity index (χ2v) is 17.2. The Morgan fingerprint density at radius 3 is 1.44 bits per heavy atom. The van der Waals surface area contributed by atoms with E-state index in [4.69, 9.17) is 32.7 Å². The van der Waals surface area contributed by atoms with E-state index in [1.807, 2.05) is 65.8 Å². The van der Waals surface area contributed by atoms with Crippen molar-refractivity contribution < 1.29 is 19.1 Å². The zero-order valence-corrected chi connectivity index (χ0v) is 34.4. The first-order valence-electron chi connectivity index (χ1n) is 18.1. The molecule has 1 N–H and O–H groups in total. The van der Waals surface area contributed by atoms with Crippen LogP contribution in [0.4, 0.5) is 15.3 Å². The molecule has 0 unspecified atom stereocenters. The lowest BCUT2D eigenvalue weighted by Crippen LogP contribution is -2.49. The number of amides is 2. The van der Waals surface area contributed by atoms with Crippen LogP contribution in [-0.4, -0.2) is 122 Å². The van der Waals surface area contributed by atoms with Crippen molar-refractivity contribution in [3.8, 4) is 0 Å². The highest BCUT2D eigenvalue weighted by atomic mass is 79.9. The summed E-state index contributed by atoms with van der Waals surface area (Å²) in [6.45, 7) is 24.0. The maximum absolute atomic E-state index is 12.2. The lowest BCUT2D eigenvalue weighted by molar-refractivity contribution is 0.0129. The van der Waals surface area contributed by atoms with Gasteiger partial charge in [0.1, 0.15) is 11.2 Å². The van der Waals surface area contributed by atoms with Gasteiger partial charge in [-0.25, -0.2) is 9.59 Å². The fourth-order valence-corrected chi connectivity index (χ4v) is 6.64. The second kappa shape index (κ2) is 20.4. The van der Waals surface area contributed by atoms with Gasteiger partial charge in [0.2, 0.25) is 0 Å². The molecule has 52 heavy (non-hydrogen) atoms. The Balaban J connectivity index is 0.000000250.